The maximum Gasteiger partial charge on any atom is 0.373 e. The standard InChI is InChI=1S/C15H14Cl3NO2.C15H13Cl2NO3.C15H14ClNO4.C8H14O3.CO2/c1-2-21-15(20)12-9-19(14(18)7-13(12)17)8-10-3-5-11(16)6-4-10;1-2-21-15(20)12-9-18(14(19)7-13(12)17)8-10-3-5-11(16)6-4-10;1-2-21-15(20)12-9-17(14(19)7-13(12)18)8-10-3-5-11(16)6-4-10;1-3-5-7(9)6-8(10)11-4-2;2-1-3/h3-7,9,13H,2,8H2,1H3;3-7,9H,2,8H2,1H3;3-7,9,18H,2,8H2,1H3;3-6H2,1-2H3;. The lowest BCUT2D eigenvalue weighted by Crippen LogP contribution is -2.25. The third kappa shape index (κ3) is 24.0. The van der Waals surface area contributed by atoms with E-state index in [-0.39, 0.29) is 65.6 Å². The minimum absolute atomic E-state index is 0.0362. The van der Waals surface area contributed by atoms with Gasteiger partial charge in [-0.25, -0.2) is 14.4 Å². The van der Waals surface area contributed by atoms with Gasteiger partial charge in [-0.2, -0.15) is 9.59 Å². The molecule has 0 aliphatic carbocycles. The molecule has 0 saturated heterocycles. The van der Waals surface area contributed by atoms with Crippen LogP contribution < -0.4 is 11.1 Å². The molecule has 3 aromatic carbocycles. The van der Waals surface area contributed by atoms with Crippen LogP contribution in [0.1, 0.15) is 91.3 Å². The molecule has 0 spiro atoms. The average Bonchev–Trinajstić information content (AvgIpc) is 3.37. The number of hydrogen-bond acceptors (Lipinski definition) is 15. The van der Waals surface area contributed by atoms with Crippen molar-refractivity contribution in [3.05, 3.63) is 189 Å². The molecule has 0 fully saturated rings. The number of aromatic nitrogens is 2. The first kappa shape index (κ1) is 66.4. The lowest BCUT2D eigenvalue weighted by Gasteiger charge is -2.26. The van der Waals surface area contributed by atoms with E-state index in [0.29, 0.717) is 58.5 Å². The van der Waals surface area contributed by atoms with E-state index in [4.69, 9.17) is 93.4 Å². The molecule has 17 nitrogen and oxygen atoms in total. The van der Waals surface area contributed by atoms with Crippen molar-refractivity contribution in [3.63, 3.8) is 0 Å². The van der Waals surface area contributed by atoms with E-state index >= 15 is 0 Å². The van der Waals surface area contributed by atoms with Gasteiger partial charge in [-0.15, -0.1) is 11.6 Å². The number of rotatable bonds is 17. The van der Waals surface area contributed by atoms with Crippen LogP contribution in [0.25, 0.3) is 0 Å². The number of nitrogens with zero attached hydrogens (tertiary/aromatic N) is 3. The summed E-state index contributed by atoms with van der Waals surface area (Å²) in [6.07, 6.45) is 7.40. The Morgan fingerprint density at radius 2 is 0.987 bits per heavy atom. The van der Waals surface area contributed by atoms with Crippen LogP contribution in [0, 0.1) is 0 Å². The van der Waals surface area contributed by atoms with Crippen LogP contribution in [0.2, 0.25) is 20.1 Å². The predicted molar refractivity (Wildman–Crippen MR) is 293 cm³/mol. The lowest BCUT2D eigenvalue weighted by molar-refractivity contribution is -0.191. The molecule has 1 aliphatic rings. The number of benzene rings is 3. The Bertz CT molecular complexity index is 2830. The van der Waals surface area contributed by atoms with Gasteiger partial charge in [-0.05, 0) is 93.3 Å². The molecule has 1 atom stereocenters. The van der Waals surface area contributed by atoms with E-state index in [2.05, 4.69) is 4.74 Å². The zero-order chi connectivity index (χ0) is 57.6. The first-order valence-electron chi connectivity index (χ1n) is 23.4. The number of halogens is 6. The molecule has 2 aromatic heterocycles. The normalized spacial score (nSPS) is 12.0. The zero-order valence-corrected chi connectivity index (χ0v) is 46.9. The van der Waals surface area contributed by atoms with E-state index < -0.39 is 34.8 Å². The third-order valence-electron chi connectivity index (χ3n) is 9.81. The molecule has 412 valence electrons. The molecular weight excluding hydrogens is 1130 g/mol. The first-order chi connectivity index (χ1) is 36.6. The van der Waals surface area contributed by atoms with Gasteiger partial charge in [0.05, 0.1) is 61.1 Å². The Balaban J connectivity index is 0.000000353. The zero-order valence-electron chi connectivity index (χ0n) is 42.4. The quantitative estimate of drug-likeness (QED) is 0.0300. The number of ether oxygens (including phenoxy) is 4. The highest BCUT2D eigenvalue weighted by atomic mass is 35.5. The fourth-order valence-electron chi connectivity index (χ4n) is 6.29. The van der Waals surface area contributed by atoms with Crippen molar-refractivity contribution < 1.29 is 57.6 Å². The number of pyridine rings is 2. The van der Waals surface area contributed by atoms with Crippen molar-refractivity contribution in [1.29, 1.82) is 0 Å². The summed E-state index contributed by atoms with van der Waals surface area (Å²) in [5.74, 6) is -2.48. The number of aromatic hydroxyl groups is 1. The Labute approximate surface area is 474 Å². The number of alkyl halides is 1. The van der Waals surface area contributed by atoms with Gasteiger partial charge in [0.15, 0.2) is 0 Å². The maximum absolute atomic E-state index is 11.9. The minimum atomic E-state index is -0.667. The Hall–Kier alpha value is -6.69. The molecule has 23 heteroatoms. The van der Waals surface area contributed by atoms with Crippen molar-refractivity contribution in [2.24, 2.45) is 0 Å². The first-order valence-corrected chi connectivity index (χ1v) is 25.7. The summed E-state index contributed by atoms with van der Waals surface area (Å²) in [7, 11) is 0. The maximum atomic E-state index is 11.9. The summed E-state index contributed by atoms with van der Waals surface area (Å²) in [6.45, 7) is 10.9. The average molecular weight is 1180 g/mol. The third-order valence-corrected chi connectivity index (χ3v) is 11.6. The second kappa shape index (κ2) is 35.6. The summed E-state index contributed by atoms with van der Waals surface area (Å²) in [5, 5.41) is 11.5. The molecule has 0 radical (unpaired) electrons. The number of allylic oxidation sites excluding steroid dienone is 1. The number of esters is 4. The van der Waals surface area contributed by atoms with Gasteiger partial charge in [-0.3, -0.25) is 19.2 Å². The van der Waals surface area contributed by atoms with E-state index in [9.17, 15) is 38.7 Å². The predicted octanol–water partition coefficient (Wildman–Crippen LogP) is 10.8. The summed E-state index contributed by atoms with van der Waals surface area (Å²) in [5.41, 5.74) is 2.56. The van der Waals surface area contributed by atoms with Crippen LogP contribution in [0.5, 0.6) is 5.75 Å². The molecule has 0 amide bonds. The number of hydrogen-bond donors (Lipinski definition) is 1. The van der Waals surface area contributed by atoms with Gasteiger partial charge >= 0.3 is 30.0 Å². The number of carbonyl (C=O) groups is 5. The molecule has 0 saturated carbocycles. The minimum Gasteiger partial charge on any atom is -0.507 e. The molecule has 1 unspecified atom stereocenters. The Morgan fingerprint density at radius 3 is 1.43 bits per heavy atom. The van der Waals surface area contributed by atoms with E-state index in [1.807, 2.05) is 31.2 Å². The van der Waals surface area contributed by atoms with E-state index in [0.717, 1.165) is 29.2 Å². The molecular formula is C54H55Cl6N3O14. The van der Waals surface area contributed by atoms with E-state index in [1.54, 1.807) is 93.4 Å². The molecule has 3 heterocycles. The van der Waals surface area contributed by atoms with Crippen molar-refractivity contribution in [3.8, 4) is 5.75 Å². The SMILES string of the molecule is CCCC(=O)CC(=O)OCC.CCOC(=O)C1=CN(Cc2ccc(Cl)cc2)C(Cl)=CC1Cl.CCOC(=O)c1cn(Cc2ccc(Cl)cc2)c(=O)cc1Cl.CCOC(=O)c1cn(Cc2ccc(Cl)cc2)c(=O)cc1O.O=C=O. The van der Waals surface area contributed by atoms with Gasteiger partial charge in [0.2, 0.25) is 0 Å². The smallest absolute Gasteiger partial charge is 0.373 e. The highest BCUT2D eigenvalue weighted by Gasteiger charge is 2.26. The molecule has 1 aliphatic heterocycles. The Kier molecular flexibility index (Phi) is 30.7. The van der Waals surface area contributed by atoms with Gasteiger partial charge < -0.3 is 38.1 Å². The lowest BCUT2D eigenvalue weighted by atomic mass is 10.1. The van der Waals surface area contributed by atoms with Gasteiger partial charge in [0, 0.05) is 58.8 Å². The number of carbonyl (C=O) groups excluding carboxylic acids is 7. The molecule has 6 rings (SSSR count). The van der Waals surface area contributed by atoms with Crippen LogP contribution in [-0.4, -0.2) is 86.8 Å². The molecule has 0 bridgehead atoms. The van der Waals surface area contributed by atoms with Crippen LogP contribution in [-0.2, 0) is 62.6 Å². The van der Waals surface area contributed by atoms with Crippen molar-refractivity contribution in [2.75, 3.05) is 26.4 Å². The molecule has 1 N–H and O–H groups in total. The van der Waals surface area contributed by atoms with Crippen LogP contribution in [0.3, 0.4) is 0 Å². The van der Waals surface area contributed by atoms with E-state index in [1.165, 1.54) is 27.6 Å². The van der Waals surface area contributed by atoms with Crippen LogP contribution in [0.15, 0.2) is 130 Å². The number of Topliss-reactive ketones (excluding diaryl/α,β-unsaturated/α-hetero) is 1. The van der Waals surface area contributed by atoms with Crippen molar-refractivity contribution in [1.82, 2.24) is 14.0 Å². The van der Waals surface area contributed by atoms with Crippen molar-refractivity contribution >= 4 is 105 Å². The second-order valence-electron chi connectivity index (χ2n) is 15.5. The van der Waals surface area contributed by atoms with Crippen LogP contribution >= 0.6 is 69.6 Å². The molecule has 5 aromatic rings. The van der Waals surface area contributed by atoms with Crippen molar-refractivity contribution in [2.45, 2.75) is 78.9 Å². The topological polar surface area (TPSA) is 224 Å². The summed E-state index contributed by atoms with van der Waals surface area (Å²) < 4.78 is 22.1. The highest BCUT2D eigenvalue weighted by Crippen LogP contribution is 2.28. The van der Waals surface area contributed by atoms with Gasteiger partial charge in [-0.1, -0.05) is 101 Å². The summed E-state index contributed by atoms with van der Waals surface area (Å²) >= 11 is 35.7. The monoisotopic (exact) mass is 1180 g/mol. The fourth-order valence-corrected chi connectivity index (χ4v) is 7.45. The van der Waals surface area contributed by atoms with Crippen LogP contribution in [0.4, 0.5) is 0 Å². The molecule has 77 heavy (non-hydrogen) atoms. The summed E-state index contributed by atoms with van der Waals surface area (Å²) in [4.78, 5) is 98.7. The fraction of sp³-hybridized carbons (Fsp3) is 0.296. The Morgan fingerprint density at radius 1 is 0.584 bits per heavy atom. The largest absolute Gasteiger partial charge is 0.507 e. The highest BCUT2D eigenvalue weighted by molar-refractivity contribution is 6.34. The number of ketones is 1. The van der Waals surface area contributed by atoms with Gasteiger partial charge in [0.1, 0.15) is 28.7 Å². The second-order valence-corrected chi connectivity index (χ2v) is 18.1. The van der Waals surface area contributed by atoms with Gasteiger partial charge in [0.25, 0.3) is 11.1 Å². The summed E-state index contributed by atoms with van der Waals surface area (Å²) in [6, 6.07) is 23.7.